The topological polar surface area (TPSA) is 78.5 Å². The van der Waals surface area contributed by atoms with Crippen LogP contribution in [0.25, 0.3) is 0 Å². The number of H-pyrrole nitrogens is 1. The fourth-order valence-electron chi connectivity index (χ4n) is 3.22. The van der Waals surface area contributed by atoms with Crippen LogP contribution < -0.4 is 4.74 Å². The summed E-state index contributed by atoms with van der Waals surface area (Å²) in [7, 11) is 0. The molecule has 6 heteroatoms. The Hall–Kier alpha value is -2.34. The second kappa shape index (κ2) is 7.70. The van der Waals surface area contributed by atoms with Crippen LogP contribution in [0.2, 0.25) is 0 Å². The summed E-state index contributed by atoms with van der Waals surface area (Å²) in [6.07, 6.45) is 1.00. The number of likely N-dealkylation sites (tertiary alicyclic amines) is 1. The Morgan fingerprint density at radius 1 is 1.40 bits per heavy atom. The summed E-state index contributed by atoms with van der Waals surface area (Å²) in [6, 6.07) is 9.28. The smallest absolute Gasteiger partial charge is 0.257 e. The summed E-state index contributed by atoms with van der Waals surface area (Å²) < 4.78 is 5.69. The molecule has 1 aliphatic heterocycles. The standard InChI is InChI=1S/C19H25N3O3/c1-3-8-25-18-7-5-4-6-16(18)19(24)22-11-14(17(23)12-22)10-15-9-13(2)20-21-15/h4-7,9,14,17,23H,3,8,10-12H2,1-2H3,(H,20,21)/t14-,17-/m1/s1. The lowest BCUT2D eigenvalue weighted by Gasteiger charge is -2.18. The number of aliphatic hydroxyl groups excluding tert-OH is 1. The lowest BCUT2D eigenvalue weighted by atomic mass is 10.0. The second-order valence-corrected chi connectivity index (χ2v) is 6.63. The number of hydrogen-bond acceptors (Lipinski definition) is 4. The summed E-state index contributed by atoms with van der Waals surface area (Å²) in [5.74, 6) is 0.511. The fraction of sp³-hybridized carbons (Fsp3) is 0.474. The molecule has 1 aliphatic rings. The highest BCUT2D eigenvalue weighted by Crippen LogP contribution is 2.26. The first-order chi connectivity index (χ1) is 12.1. The van der Waals surface area contributed by atoms with Crippen LogP contribution >= 0.6 is 0 Å². The number of hydrogen-bond donors (Lipinski definition) is 2. The molecular weight excluding hydrogens is 318 g/mol. The van der Waals surface area contributed by atoms with Crippen molar-refractivity contribution in [3.05, 3.63) is 47.3 Å². The molecule has 1 saturated heterocycles. The van der Waals surface area contributed by atoms with Crippen LogP contribution in [0.15, 0.2) is 30.3 Å². The van der Waals surface area contributed by atoms with E-state index in [4.69, 9.17) is 4.74 Å². The minimum atomic E-state index is -0.537. The van der Waals surface area contributed by atoms with Gasteiger partial charge in [0.1, 0.15) is 5.75 Å². The van der Waals surface area contributed by atoms with Crippen molar-refractivity contribution < 1.29 is 14.6 Å². The lowest BCUT2D eigenvalue weighted by molar-refractivity contribution is 0.0760. The van der Waals surface area contributed by atoms with Gasteiger partial charge < -0.3 is 14.7 Å². The zero-order valence-electron chi connectivity index (χ0n) is 14.7. The maximum absolute atomic E-state index is 12.9. The van der Waals surface area contributed by atoms with E-state index in [-0.39, 0.29) is 11.8 Å². The quantitative estimate of drug-likeness (QED) is 0.843. The van der Waals surface area contributed by atoms with Crippen molar-refractivity contribution in [2.75, 3.05) is 19.7 Å². The van der Waals surface area contributed by atoms with Gasteiger partial charge in [-0.05, 0) is 38.0 Å². The number of β-amino-alcohol motifs (C(OH)–C–C–N with tert-alkyl or cyclic N) is 1. The third-order valence-electron chi connectivity index (χ3n) is 4.50. The zero-order valence-corrected chi connectivity index (χ0v) is 14.7. The third kappa shape index (κ3) is 4.02. The number of aryl methyl sites for hydroxylation is 1. The molecular formula is C19H25N3O3. The Labute approximate surface area is 147 Å². The van der Waals surface area contributed by atoms with E-state index in [0.29, 0.717) is 37.4 Å². The summed E-state index contributed by atoms with van der Waals surface area (Å²) >= 11 is 0. The number of nitrogens with one attached hydrogen (secondary N) is 1. The Balaban J connectivity index is 1.69. The first kappa shape index (κ1) is 17.5. The Morgan fingerprint density at radius 3 is 2.92 bits per heavy atom. The maximum Gasteiger partial charge on any atom is 0.257 e. The van der Waals surface area contributed by atoms with E-state index in [1.54, 1.807) is 11.0 Å². The highest BCUT2D eigenvalue weighted by atomic mass is 16.5. The first-order valence-electron chi connectivity index (χ1n) is 8.78. The number of rotatable bonds is 6. The molecule has 1 aromatic heterocycles. The average molecular weight is 343 g/mol. The number of ether oxygens (including phenoxy) is 1. The molecule has 0 spiro atoms. The molecule has 2 N–H and O–H groups in total. The summed E-state index contributed by atoms with van der Waals surface area (Å²) in [5, 5.41) is 17.5. The van der Waals surface area contributed by atoms with Crippen LogP contribution in [0.1, 0.15) is 35.1 Å². The van der Waals surface area contributed by atoms with E-state index in [2.05, 4.69) is 10.2 Å². The molecule has 0 unspecified atom stereocenters. The van der Waals surface area contributed by atoms with Crippen LogP contribution in [0, 0.1) is 12.8 Å². The van der Waals surface area contributed by atoms with Crippen molar-refractivity contribution in [2.24, 2.45) is 5.92 Å². The van der Waals surface area contributed by atoms with E-state index in [9.17, 15) is 9.90 Å². The second-order valence-electron chi connectivity index (χ2n) is 6.63. The van der Waals surface area contributed by atoms with Gasteiger partial charge >= 0.3 is 0 Å². The van der Waals surface area contributed by atoms with E-state index >= 15 is 0 Å². The molecule has 1 amide bonds. The predicted octanol–water partition coefficient (Wildman–Crippen LogP) is 2.18. The minimum absolute atomic E-state index is 0.00428. The van der Waals surface area contributed by atoms with Crippen molar-refractivity contribution in [3.63, 3.8) is 0 Å². The molecule has 2 aromatic rings. The number of benzene rings is 1. The van der Waals surface area contributed by atoms with Gasteiger partial charge in [0.15, 0.2) is 0 Å². The molecule has 3 rings (SSSR count). The number of nitrogens with zero attached hydrogens (tertiary/aromatic N) is 2. The normalized spacial score (nSPS) is 20.0. The van der Waals surface area contributed by atoms with Gasteiger partial charge in [-0.1, -0.05) is 19.1 Å². The Bertz CT molecular complexity index is 728. The largest absolute Gasteiger partial charge is 0.493 e. The van der Waals surface area contributed by atoms with Crippen LogP contribution in [-0.2, 0) is 6.42 Å². The molecule has 0 aliphatic carbocycles. The summed E-state index contributed by atoms with van der Waals surface area (Å²) in [6.45, 7) is 5.42. The van der Waals surface area contributed by atoms with Crippen molar-refractivity contribution in [1.82, 2.24) is 15.1 Å². The van der Waals surface area contributed by atoms with E-state index in [1.807, 2.05) is 38.1 Å². The van der Waals surface area contributed by atoms with Gasteiger partial charge in [-0.2, -0.15) is 5.10 Å². The number of carbonyl (C=O) groups excluding carboxylic acids is 1. The van der Waals surface area contributed by atoms with Gasteiger partial charge in [0.2, 0.25) is 0 Å². The zero-order chi connectivity index (χ0) is 17.8. The molecule has 2 atom stereocenters. The van der Waals surface area contributed by atoms with Gasteiger partial charge in [0.05, 0.1) is 24.0 Å². The third-order valence-corrected chi connectivity index (χ3v) is 4.50. The molecule has 25 heavy (non-hydrogen) atoms. The van der Waals surface area contributed by atoms with Crippen LogP contribution in [0.3, 0.4) is 0 Å². The molecule has 134 valence electrons. The highest BCUT2D eigenvalue weighted by Gasteiger charge is 2.35. The molecule has 1 aromatic carbocycles. The molecule has 0 saturated carbocycles. The Kier molecular flexibility index (Phi) is 5.38. The van der Waals surface area contributed by atoms with Crippen molar-refractivity contribution in [3.8, 4) is 5.75 Å². The maximum atomic E-state index is 12.9. The van der Waals surface area contributed by atoms with E-state index in [1.165, 1.54) is 0 Å². The minimum Gasteiger partial charge on any atom is -0.493 e. The number of carbonyl (C=O) groups is 1. The first-order valence-corrected chi connectivity index (χ1v) is 8.78. The molecule has 1 fully saturated rings. The predicted molar refractivity (Wildman–Crippen MR) is 94.7 cm³/mol. The van der Waals surface area contributed by atoms with Gasteiger partial charge in [-0.25, -0.2) is 0 Å². The van der Waals surface area contributed by atoms with E-state index in [0.717, 1.165) is 17.8 Å². The lowest BCUT2D eigenvalue weighted by Crippen LogP contribution is -2.30. The monoisotopic (exact) mass is 343 g/mol. The number of aliphatic hydroxyl groups is 1. The highest BCUT2D eigenvalue weighted by molar-refractivity contribution is 5.97. The average Bonchev–Trinajstić information content (AvgIpc) is 3.19. The van der Waals surface area contributed by atoms with Crippen molar-refractivity contribution in [2.45, 2.75) is 32.8 Å². The van der Waals surface area contributed by atoms with Crippen LogP contribution in [-0.4, -0.2) is 51.9 Å². The van der Waals surface area contributed by atoms with Gasteiger partial charge in [0.25, 0.3) is 5.91 Å². The summed E-state index contributed by atoms with van der Waals surface area (Å²) in [5.41, 5.74) is 2.47. The molecule has 0 radical (unpaired) electrons. The molecule has 2 heterocycles. The van der Waals surface area contributed by atoms with Crippen molar-refractivity contribution in [1.29, 1.82) is 0 Å². The van der Waals surface area contributed by atoms with Crippen LogP contribution in [0.4, 0.5) is 0 Å². The van der Waals surface area contributed by atoms with Gasteiger partial charge in [-0.3, -0.25) is 9.89 Å². The van der Waals surface area contributed by atoms with Crippen LogP contribution in [0.5, 0.6) is 5.75 Å². The fourth-order valence-corrected chi connectivity index (χ4v) is 3.22. The number of aromatic nitrogens is 2. The SMILES string of the molecule is CCCOc1ccccc1C(=O)N1C[C@@H](Cc2cc(C)[nH]n2)[C@H](O)C1. The van der Waals surface area contributed by atoms with Gasteiger partial charge in [-0.15, -0.1) is 0 Å². The number of para-hydroxylation sites is 1. The van der Waals surface area contributed by atoms with E-state index < -0.39 is 6.10 Å². The van der Waals surface area contributed by atoms with Crippen molar-refractivity contribution >= 4 is 5.91 Å². The van der Waals surface area contributed by atoms with Gasteiger partial charge in [0, 0.05) is 24.7 Å². The Morgan fingerprint density at radius 2 is 2.20 bits per heavy atom. The summed E-state index contributed by atoms with van der Waals surface area (Å²) in [4.78, 5) is 14.6. The molecule has 6 nitrogen and oxygen atoms in total. The number of amides is 1. The molecule has 0 bridgehead atoms. The number of aromatic amines is 1.